The van der Waals surface area contributed by atoms with Crippen molar-refractivity contribution in [3.63, 3.8) is 0 Å². The molecule has 0 radical (unpaired) electrons. The molecule has 5 heteroatoms. The molecule has 2 N–H and O–H groups in total. The van der Waals surface area contributed by atoms with Crippen LogP contribution in [0.25, 0.3) is 0 Å². The Balaban J connectivity index is 2.20. The Morgan fingerprint density at radius 3 is 2.55 bits per heavy atom. The van der Waals surface area contributed by atoms with E-state index in [2.05, 4.69) is 0 Å². The van der Waals surface area contributed by atoms with Crippen molar-refractivity contribution in [1.82, 2.24) is 0 Å². The number of rotatable bonds is 5. The van der Waals surface area contributed by atoms with Crippen molar-refractivity contribution < 1.29 is 9.66 Å². The first kappa shape index (κ1) is 14.0. The Labute approximate surface area is 117 Å². The maximum atomic E-state index is 10.9. The van der Waals surface area contributed by atoms with Gasteiger partial charge in [-0.2, -0.15) is 0 Å². The largest absolute Gasteiger partial charge is 0.488 e. The van der Waals surface area contributed by atoms with Crippen LogP contribution in [-0.4, -0.2) is 4.92 Å². The summed E-state index contributed by atoms with van der Waals surface area (Å²) in [5, 5.41) is 10.9. The van der Waals surface area contributed by atoms with Crippen LogP contribution in [0.2, 0.25) is 0 Å². The molecule has 0 amide bonds. The van der Waals surface area contributed by atoms with E-state index in [4.69, 9.17) is 10.5 Å². The van der Waals surface area contributed by atoms with Gasteiger partial charge in [-0.05, 0) is 19.1 Å². The van der Waals surface area contributed by atoms with E-state index in [9.17, 15) is 10.1 Å². The lowest BCUT2D eigenvalue weighted by Crippen LogP contribution is -2.08. The number of nitro groups is 1. The van der Waals surface area contributed by atoms with Crippen molar-refractivity contribution in [2.24, 2.45) is 5.73 Å². The first-order valence-corrected chi connectivity index (χ1v) is 6.29. The molecular formula is C15H16N2O3. The topological polar surface area (TPSA) is 78.4 Å². The molecule has 0 aliphatic carbocycles. The average molecular weight is 272 g/mol. The maximum absolute atomic E-state index is 10.9. The van der Waals surface area contributed by atoms with Crippen molar-refractivity contribution in [3.05, 3.63) is 69.8 Å². The fourth-order valence-corrected chi connectivity index (χ4v) is 1.95. The summed E-state index contributed by atoms with van der Waals surface area (Å²) in [6.45, 7) is 2.01. The molecule has 0 fully saturated rings. The van der Waals surface area contributed by atoms with Gasteiger partial charge >= 0.3 is 0 Å². The molecule has 1 atom stereocenters. The van der Waals surface area contributed by atoms with Crippen LogP contribution in [0.15, 0.2) is 48.5 Å². The second-order valence-corrected chi connectivity index (χ2v) is 4.50. The molecule has 0 saturated carbocycles. The molecule has 0 aliphatic rings. The average Bonchev–Trinajstić information content (AvgIpc) is 2.45. The minimum Gasteiger partial charge on any atom is -0.488 e. The van der Waals surface area contributed by atoms with Crippen LogP contribution in [0.5, 0.6) is 5.75 Å². The Bertz CT molecular complexity index is 612. The smallest absolute Gasteiger partial charge is 0.276 e. The molecule has 0 aromatic heterocycles. The summed E-state index contributed by atoms with van der Waals surface area (Å²) in [5.74, 6) is 0.653. The lowest BCUT2D eigenvalue weighted by Gasteiger charge is -2.13. The van der Waals surface area contributed by atoms with Gasteiger partial charge in [-0.1, -0.05) is 30.3 Å². The number of nitrogens with two attached hydrogens (primary N) is 1. The van der Waals surface area contributed by atoms with E-state index in [1.165, 1.54) is 6.07 Å². The Kier molecular flexibility index (Phi) is 4.32. The van der Waals surface area contributed by atoms with Gasteiger partial charge in [0.1, 0.15) is 12.4 Å². The van der Waals surface area contributed by atoms with Gasteiger partial charge in [0.2, 0.25) is 0 Å². The predicted octanol–water partition coefficient (Wildman–Crippen LogP) is 3.19. The molecule has 20 heavy (non-hydrogen) atoms. The van der Waals surface area contributed by atoms with Crippen LogP contribution in [0.1, 0.15) is 24.1 Å². The number of hydrogen-bond donors (Lipinski definition) is 1. The molecule has 2 aromatic rings. The zero-order valence-corrected chi connectivity index (χ0v) is 11.2. The van der Waals surface area contributed by atoms with Crippen molar-refractivity contribution in [2.45, 2.75) is 19.6 Å². The predicted molar refractivity (Wildman–Crippen MR) is 76.5 cm³/mol. The Morgan fingerprint density at radius 2 is 1.85 bits per heavy atom. The van der Waals surface area contributed by atoms with Crippen molar-refractivity contribution in [1.29, 1.82) is 0 Å². The van der Waals surface area contributed by atoms with Gasteiger partial charge in [0.15, 0.2) is 0 Å². The molecule has 0 heterocycles. The summed E-state index contributed by atoms with van der Waals surface area (Å²) < 4.78 is 5.69. The van der Waals surface area contributed by atoms with Crippen LogP contribution >= 0.6 is 0 Å². The monoisotopic (exact) mass is 272 g/mol. The molecule has 0 spiro atoms. The molecule has 104 valence electrons. The van der Waals surface area contributed by atoms with E-state index in [1.807, 2.05) is 31.2 Å². The standard InChI is InChI=1S/C15H16N2O3/c1-11(16)13-7-3-5-9-15(13)20-10-12-6-2-4-8-14(12)17(18)19/h2-9,11H,10,16H2,1H3/t11-/m0/s1. The number of nitro benzene ring substituents is 1. The second-order valence-electron chi connectivity index (χ2n) is 4.50. The van der Waals surface area contributed by atoms with Gasteiger partial charge in [0, 0.05) is 17.7 Å². The highest BCUT2D eigenvalue weighted by molar-refractivity contribution is 5.40. The van der Waals surface area contributed by atoms with Gasteiger partial charge in [-0.15, -0.1) is 0 Å². The van der Waals surface area contributed by atoms with Crippen molar-refractivity contribution in [2.75, 3.05) is 0 Å². The van der Waals surface area contributed by atoms with Crippen LogP contribution in [0.4, 0.5) is 5.69 Å². The van der Waals surface area contributed by atoms with Gasteiger partial charge in [-0.25, -0.2) is 0 Å². The molecule has 0 bridgehead atoms. The fourth-order valence-electron chi connectivity index (χ4n) is 1.95. The van der Waals surface area contributed by atoms with E-state index in [0.29, 0.717) is 11.3 Å². The zero-order chi connectivity index (χ0) is 14.5. The SMILES string of the molecule is C[C@H](N)c1ccccc1OCc1ccccc1[N+](=O)[O-]. The first-order valence-electron chi connectivity index (χ1n) is 6.29. The zero-order valence-electron chi connectivity index (χ0n) is 11.2. The summed E-state index contributed by atoms with van der Waals surface area (Å²) in [6, 6.07) is 13.8. The van der Waals surface area contributed by atoms with Crippen LogP contribution in [0, 0.1) is 10.1 Å². The van der Waals surface area contributed by atoms with Crippen molar-refractivity contribution >= 4 is 5.69 Å². The summed E-state index contributed by atoms with van der Waals surface area (Å²) >= 11 is 0. The molecule has 5 nitrogen and oxygen atoms in total. The minimum atomic E-state index is -0.407. The summed E-state index contributed by atoms with van der Waals surface area (Å²) in [5.41, 5.74) is 7.35. The summed E-state index contributed by atoms with van der Waals surface area (Å²) in [4.78, 5) is 10.5. The van der Waals surface area contributed by atoms with Crippen LogP contribution < -0.4 is 10.5 Å². The van der Waals surface area contributed by atoms with E-state index in [0.717, 1.165) is 5.56 Å². The number of para-hydroxylation sites is 2. The lowest BCUT2D eigenvalue weighted by atomic mass is 10.1. The highest BCUT2D eigenvalue weighted by atomic mass is 16.6. The molecular weight excluding hydrogens is 256 g/mol. The molecule has 0 saturated heterocycles. The third kappa shape index (κ3) is 3.13. The van der Waals surface area contributed by atoms with Gasteiger partial charge in [0.05, 0.1) is 10.5 Å². The second kappa shape index (κ2) is 6.16. The van der Waals surface area contributed by atoms with Crippen molar-refractivity contribution in [3.8, 4) is 5.75 Å². The minimum absolute atomic E-state index is 0.0609. The van der Waals surface area contributed by atoms with Gasteiger partial charge in [0.25, 0.3) is 5.69 Å². The molecule has 0 unspecified atom stereocenters. The number of ether oxygens (including phenoxy) is 1. The van der Waals surface area contributed by atoms with Crippen LogP contribution in [0.3, 0.4) is 0 Å². The summed E-state index contributed by atoms with van der Waals surface area (Å²) in [7, 11) is 0. The molecule has 2 aromatic carbocycles. The number of nitrogens with zero attached hydrogens (tertiary/aromatic N) is 1. The lowest BCUT2D eigenvalue weighted by molar-refractivity contribution is -0.385. The third-order valence-corrected chi connectivity index (χ3v) is 2.98. The quantitative estimate of drug-likeness (QED) is 0.669. The van der Waals surface area contributed by atoms with Gasteiger partial charge in [-0.3, -0.25) is 10.1 Å². The Hall–Kier alpha value is -2.40. The Morgan fingerprint density at radius 1 is 1.20 bits per heavy atom. The summed E-state index contributed by atoms with van der Waals surface area (Å²) in [6.07, 6.45) is 0. The van der Waals surface area contributed by atoms with E-state index < -0.39 is 4.92 Å². The highest BCUT2D eigenvalue weighted by Gasteiger charge is 2.14. The van der Waals surface area contributed by atoms with Crippen LogP contribution in [-0.2, 0) is 6.61 Å². The first-order chi connectivity index (χ1) is 9.59. The number of benzene rings is 2. The van der Waals surface area contributed by atoms with Gasteiger partial charge < -0.3 is 10.5 Å². The molecule has 2 rings (SSSR count). The highest BCUT2D eigenvalue weighted by Crippen LogP contribution is 2.25. The fraction of sp³-hybridized carbons (Fsp3) is 0.200. The van der Waals surface area contributed by atoms with E-state index in [1.54, 1.807) is 18.2 Å². The normalized spacial score (nSPS) is 11.9. The third-order valence-electron chi connectivity index (χ3n) is 2.98. The maximum Gasteiger partial charge on any atom is 0.276 e. The van der Waals surface area contributed by atoms with E-state index in [-0.39, 0.29) is 18.3 Å². The van der Waals surface area contributed by atoms with E-state index >= 15 is 0 Å². The number of hydrogen-bond acceptors (Lipinski definition) is 4. The molecule has 0 aliphatic heterocycles.